The molecule has 0 atom stereocenters. The molecule has 0 radical (unpaired) electrons. The van der Waals surface area contributed by atoms with E-state index in [9.17, 15) is 0 Å². The fraction of sp³-hybridized carbons (Fsp3) is 0.500. The second-order valence-corrected chi connectivity index (χ2v) is 5.10. The summed E-state index contributed by atoms with van der Waals surface area (Å²) in [7, 11) is 3.79. The molecule has 0 unspecified atom stereocenters. The number of hydrogen-bond acceptors (Lipinski definition) is 3. The SMILES string of the molecule is COC(C)(C)CCN(C)c1ccc(C(=N)N)cc1. The number of ether oxygens (including phenoxy) is 1. The highest BCUT2D eigenvalue weighted by Gasteiger charge is 2.16. The van der Waals surface area contributed by atoms with Gasteiger partial charge in [-0.1, -0.05) is 0 Å². The molecule has 100 valence electrons. The van der Waals surface area contributed by atoms with E-state index in [-0.39, 0.29) is 11.4 Å². The van der Waals surface area contributed by atoms with Gasteiger partial charge >= 0.3 is 0 Å². The van der Waals surface area contributed by atoms with E-state index >= 15 is 0 Å². The number of nitrogens with zero attached hydrogens (tertiary/aromatic N) is 1. The van der Waals surface area contributed by atoms with E-state index in [0.717, 1.165) is 24.2 Å². The van der Waals surface area contributed by atoms with Crippen molar-refractivity contribution in [2.45, 2.75) is 25.9 Å². The Hall–Kier alpha value is -1.55. The third kappa shape index (κ3) is 4.04. The third-order valence-corrected chi connectivity index (χ3v) is 3.22. The normalized spacial score (nSPS) is 11.3. The van der Waals surface area contributed by atoms with Crippen LogP contribution in [0.5, 0.6) is 0 Å². The first-order chi connectivity index (χ1) is 8.35. The Bertz CT molecular complexity index is 398. The highest BCUT2D eigenvalue weighted by molar-refractivity contribution is 5.95. The number of hydrogen-bond donors (Lipinski definition) is 2. The van der Waals surface area contributed by atoms with Crippen molar-refractivity contribution in [1.82, 2.24) is 0 Å². The van der Waals surface area contributed by atoms with Gasteiger partial charge in [-0.05, 0) is 44.5 Å². The highest BCUT2D eigenvalue weighted by atomic mass is 16.5. The van der Waals surface area contributed by atoms with E-state index < -0.39 is 0 Å². The van der Waals surface area contributed by atoms with Crippen LogP contribution in [0.1, 0.15) is 25.8 Å². The molecule has 0 bridgehead atoms. The van der Waals surface area contributed by atoms with Crippen LogP contribution >= 0.6 is 0 Å². The van der Waals surface area contributed by atoms with Crippen LogP contribution in [0.15, 0.2) is 24.3 Å². The molecule has 4 nitrogen and oxygen atoms in total. The minimum Gasteiger partial charge on any atom is -0.384 e. The van der Waals surface area contributed by atoms with Gasteiger partial charge in [0.1, 0.15) is 5.84 Å². The number of nitrogens with one attached hydrogen (secondary N) is 1. The molecule has 3 N–H and O–H groups in total. The van der Waals surface area contributed by atoms with E-state index in [0.29, 0.717) is 0 Å². The Morgan fingerprint density at radius 2 is 1.89 bits per heavy atom. The van der Waals surface area contributed by atoms with Crippen molar-refractivity contribution in [2.75, 3.05) is 25.6 Å². The summed E-state index contributed by atoms with van der Waals surface area (Å²) < 4.78 is 5.40. The molecular weight excluding hydrogens is 226 g/mol. The standard InChI is InChI=1S/C14H23N3O/c1-14(2,18-4)9-10-17(3)12-7-5-11(6-8-12)13(15)16/h5-8H,9-10H2,1-4H3,(H3,15,16). The van der Waals surface area contributed by atoms with Crippen molar-refractivity contribution >= 4 is 11.5 Å². The highest BCUT2D eigenvalue weighted by Crippen LogP contribution is 2.18. The average molecular weight is 249 g/mol. The minimum absolute atomic E-state index is 0.102. The molecule has 0 spiro atoms. The number of benzene rings is 1. The van der Waals surface area contributed by atoms with E-state index in [4.69, 9.17) is 15.9 Å². The van der Waals surface area contributed by atoms with Crippen molar-refractivity contribution < 1.29 is 4.74 Å². The first kappa shape index (κ1) is 14.5. The lowest BCUT2D eigenvalue weighted by Crippen LogP contribution is -2.30. The van der Waals surface area contributed by atoms with Crippen molar-refractivity contribution in [3.8, 4) is 0 Å². The second-order valence-electron chi connectivity index (χ2n) is 5.10. The predicted octanol–water partition coefficient (Wildman–Crippen LogP) is 2.22. The summed E-state index contributed by atoms with van der Waals surface area (Å²) in [5, 5.41) is 7.35. The summed E-state index contributed by atoms with van der Waals surface area (Å²) >= 11 is 0. The number of amidine groups is 1. The van der Waals surface area contributed by atoms with Crippen LogP contribution in [0, 0.1) is 5.41 Å². The zero-order valence-electron chi connectivity index (χ0n) is 11.7. The van der Waals surface area contributed by atoms with Crippen molar-refractivity contribution in [2.24, 2.45) is 5.73 Å². The summed E-state index contributed by atoms with van der Waals surface area (Å²) in [5.41, 5.74) is 7.19. The molecule has 0 aliphatic heterocycles. The lowest BCUT2D eigenvalue weighted by Gasteiger charge is -2.27. The molecule has 0 fully saturated rings. The zero-order valence-corrected chi connectivity index (χ0v) is 11.7. The first-order valence-corrected chi connectivity index (χ1v) is 6.06. The van der Waals surface area contributed by atoms with Crippen molar-refractivity contribution in [3.63, 3.8) is 0 Å². The fourth-order valence-corrected chi connectivity index (χ4v) is 1.56. The molecule has 0 heterocycles. The molecule has 18 heavy (non-hydrogen) atoms. The van der Waals surface area contributed by atoms with Gasteiger partial charge in [0.2, 0.25) is 0 Å². The summed E-state index contributed by atoms with van der Waals surface area (Å²) in [5.74, 6) is 0.102. The van der Waals surface area contributed by atoms with Crippen LogP contribution in [0.25, 0.3) is 0 Å². The number of methoxy groups -OCH3 is 1. The van der Waals surface area contributed by atoms with Gasteiger partial charge in [0.05, 0.1) is 5.60 Å². The number of rotatable bonds is 6. The second kappa shape index (κ2) is 5.87. The van der Waals surface area contributed by atoms with Crippen molar-refractivity contribution in [1.29, 1.82) is 5.41 Å². The first-order valence-electron chi connectivity index (χ1n) is 6.06. The summed E-state index contributed by atoms with van der Waals surface area (Å²) in [6.07, 6.45) is 0.953. The lowest BCUT2D eigenvalue weighted by atomic mass is 10.0. The molecule has 0 aromatic heterocycles. The van der Waals surface area contributed by atoms with E-state index in [1.165, 1.54) is 0 Å². The van der Waals surface area contributed by atoms with Gasteiger partial charge in [0.25, 0.3) is 0 Å². The molecule has 1 aromatic carbocycles. The van der Waals surface area contributed by atoms with Crippen LogP contribution in [-0.2, 0) is 4.74 Å². The van der Waals surface area contributed by atoms with E-state index in [1.54, 1.807) is 7.11 Å². The molecule has 0 saturated carbocycles. The number of nitrogens with two attached hydrogens (primary N) is 1. The molecule has 4 heteroatoms. The van der Waals surface area contributed by atoms with Crippen molar-refractivity contribution in [3.05, 3.63) is 29.8 Å². The van der Waals surface area contributed by atoms with Gasteiger partial charge in [-0.15, -0.1) is 0 Å². The molecule has 0 amide bonds. The molecule has 1 aromatic rings. The maximum Gasteiger partial charge on any atom is 0.122 e. The zero-order chi connectivity index (χ0) is 13.8. The largest absolute Gasteiger partial charge is 0.384 e. The smallest absolute Gasteiger partial charge is 0.122 e. The summed E-state index contributed by atoms with van der Waals surface area (Å²) in [6.45, 7) is 5.08. The third-order valence-electron chi connectivity index (χ3n) is 3.22. The van der Waals surface area contributed by atoms with Crippen LogP contribution < -0.4 is 10.6 Å². The van der Waals surface area contributed by atoms with Crippen LogP contribution in [0.3, 0.4) is 0 Å². The van der Waals surface area contributed by atoms with Crippen LogP contribution in [0.2, 0.25) is 0 Å². The quantitative estimate of drug-likeness (QED) is 0.600. The van der Waals surface area contributed by atoms with Gasteiger partial charge in [0, 0.05) is 32.0 Å². The molecule has 0 aliphatic rings. The predicted molar refractivity (Wildman–Crippen MR) is 76.4 cm³/mol. The topological polar surface area (TPSA) is 62.3 Å². The molecule has 0 saturated heterocycles. The summed E-state index contributed by atoms with van der Waals surface area (Å²) in [6, 6.07) is 7.71. The van der Waals surface area contributed by atoms with Gasteiger partial charge in [-0.3, -0.25) is 5.41 Å². The van der Waals surface area contributed by atoms with E-state index in [1.807, 2.05) is 24.3 Å². The number of nitrogen functional groups attached to an aromatic ring is 1. The monoisotopic (exact) mass is 249 g/mol. The van der Waals surface area contributed by atoms with Gasteiger partial charge in [-0.2, -0.15) is 0 Å². The summed E-state index contributed by atoms with van der Waals surface area (Å²) in [4.78, 5) is 2.17. The molecular formula is C14H23N3O. The van der Waals surface area contributed by atoms with Crippen LogP contribution in [0.4, 0.5) is 5.69 Å². The minimum atomic E-state index is -0.104. The number of anilines is 1. The maximum atomic E-state index is 7.35. The fourth-order valence-electron chi connectivity index (χ4n) is 1.56. The Morgan fingerprint density at radius 3 is 2.33 bits per heavy atom. The lowest BCUT2D eigenvalue weighted by molar-refractivity contribution is 0.0174. The maximum absolute atomic E-state index is 7.35. The Kier molecular flexibility index (Phi) is 4.73. The Labute approximate surface area is 109 Å². The Morgan fingerprint density at radius 1 is 1.33 bits per heavy atom. The van der Waals surface area contributed by atoms with Gasteiger partial charge in [-0.25, -0.2) is 0 Å². The Balaban J connectivity index is 2.62. The van der Waals surface area contributed by atoms with Gasteiger partial charge in [0.15, 0.2) is 0 Å². The average Bonchev–Trinajstić information content (AvgIpc) is 2.36. The van der Waals surface area contributed by atoms with Crippen LogP contribution in [-0.4, -0.2) is 32.1 Å². The van der Waals surface area contributed by atoms with E-state index in [2.05, 4.69) is 25.8 Å². The molecule has 1 rings (SSSR count). The van der Waals surface area contributed by atoms with Gasteiger partial charge < -0.3 is 15.4 Å². The molecule has 0 aliphatic carbocycles.